The summed E-state index contributed by atoms with van der Waals surface area (Å²) in [4.78, 5) is 27.3. The number of sulfonamides is 1. The Labute approximate surface area is 194 Å². The maximum Gasteiger partial charge on any atom is 0.244 e. The number of amides is 2. The van der Waals surface area contributed by atoms with Crippen LogP contribution in [-0.2, 0) is 26.2 Å². The third kappa shape index (κ3) is 7.45. The van der Waals surface area contributed by atoms with Gasteiger partial charge in [-0.05, 0) is 62.7 Å². The average Bonchev–Trinajstić information content (AvgIpc) is 2.75. The van der Waals surface area contributed by atoms with Crippen molar-refractivity contribution in [2.24, 2.45) is 0 Å². The fourth-order valence-corrected chi connectivity index (χ4v) is 3.99. The lowest BCUT2D eigenvalue weighted by Gasteiger charge is -2.32. The first-order valence-electron chi connectivity index (χ1n) is 10.4. The summed E-state index contributed by atoms with van der Waals surface area (Å²) in [6.07, 6.45) is 0.965. The molecule has 8 nitrogen and oxygen atoms in total. The van der Waals surface area contributed by atoms with Gasteiger partial charge in [-0.1, -0.05) is 12.1 Å². The molecular formula is C23H30FN3O5S. The van der Waals surface area contributed by atoms with E-state index in [0.29, 0.717) is 5.75 Å². The summed E-state index contributed by atoms with van der Waals surface area (Å²) in [5, 5.41) is 2.78. The van der Waals surface area contributed by atoms with Crippen LogP contribution >= 0.6 is 0 Å². The highest BCUT2D eigenvalue weighted by molar-refractivity contribution is 7.92. The second kappa shape index (κ2) is 11.1. The minimum atomic E-state index is -3.86. The van der Waals surface area contributed by atoms with Gasteiger partial charge in [0.25, 0.3) is 0 Å². The lowest BCUT2D eigenvalue weighted by Crippen LogP contribution is -2.52. The number of halogens is 1. The summed E-state index contributed by atoms with van der Waals surface area (Å²) in [6.45, 7) is 4.73. The van der Waals surface area contributed by atoms with Crippen LogP contribution in [0.3, 0.4) is 0 Å². The van der Waals surface area contributed by atoms with Crippen molar-refractivity contribution in [3.8, 4) is 5.75 Å². The molecule has 1 unspecified atom stereocenters. The number of carbonyl (C=O) groups is 2. The van der Waals surface area contributed by atoms with Crippen LogP contribution in [0.25, 0.3) is 0 Å². The van der Waals surface area contributed by atoms with Gasteiger partial charge in [-0.15, -0.1) is 0 Å². The van der Waals surface area contributed by atoms with Gasteiger partial charge in [0.05, 0.1) is 19.1 Å². The van der Waals surface area contributed by atoms with Gasteiger partial charge in [0.15, 0.2) is 0 Å². The molecule has 0 saturated carbocycles. The first-order valence-corrected chi connectivity index (χ1v) is 12.2. The van der Waals surface area contributed by atoms with Crippen molar-refractivity contribution < 1.29 is 27.1 Å². The Balaban J connectivity index is 2.36. The van der Waals surface area contributed by atoms with Crippen LogP contribution in [0.1, 0.15) is 26.3 Å². The van der Waals surface area contributed by atoms with Gasteiger partial charge in [-0.3, -0.25) is 13.9 Å². The van der Waals surface area contributed by atoms with E-state index >= 15 is 0 Å². The molecule has 33 heavy (non-hydrogen) atoms. The molecule has 0 radical (unpaired) electrons. The van der Waals surface area contributed by atoms with Gasteiger partial charge in [0.1, 0.15) is 24.2 Å². The molecule has 0 aliphatic rings. The van der Waals surface area contributed by atoms with E-state index in [1.54, 1.807) is 52.1 Å². The number of methoxy groups -OCH3 is 1. The van der Waals surface area contributed by atoms with Crippen LogP contribution in [0, 0.1) is 5.82 Å². The van der Waals surface area contributed by atoms with E-state index in [-0.39, 0.29) is 24.2 Å². The molecule has 180 valence electrons. The van der Waals surface area contributed by atoms with Gasteiger partial charge in [0, 0.05) is 12.6 Å². The van der Waals surface area contributed by atoms with Crippen LogP contribution < -0.4 is 14.4 Å². The van der Waals surface area contributed by atoms with Crippen LogP contribution in [0.15, 0.2) is 48.5 Å². The van der Waals surface area contributed by atoms with E-state index in [9.17, 15) is 22.4 Å². The Hall–Kier alpha value is -3.14. The number of nitrogens with one attached hydrogen (secondary N) is 1. The van der Waals surface area contributed by atoms with Crippen molar-refractivity contribution >= 4 is 27.5 Å². The molecule has 0 saturated heterocycles. The molecule has 2 rings (SSSR count). The minimum absolute atomic E-state index is 0.0799. The van der Waals surface area contributed by atoms with Crippen molar-refractivity contribution in [1.82, 2.24) is 10.2 Å². The Morgan fingerprint density at radius 1 is 1.03 bits per heavy atom. The largest absolute Gasteiger partial charge is 0.497 e. The van der Waals surface area contributed by atoms with Crippen molar-refractivity contribution in [2.75, 3.05) is 24.2 Å². The number of hydrogen-bond donors (Lipinski definition) is 1. The molecule has 0 aromatic heterocycles. The van der Waals surface area contributed by atoms with Gasteiger partial charge in [-0.2, -0.15) is 0 Å². The van der Waals surface area contributed by atoms with Crippen LogP contribution in [-0.4, -0.2) is 57.1 Å². The lowest BCUT2D eigenvalue weighted by molar-refractivity contribution is -0.139. The summed E-state index contributed by atoms with van der Waals surface area (Å²) >= 11 is 0. The number of benzene rings is 2. The fraction of sp³-hybridized carbons (Fsp3) is 0.391. The zero-order chi connectivity index (χ0) is 24.8. The van der Waals surface area contributed by atoms with E-state index < -0.39 is 34.3 Å². The number of nitrogens with zero attached hydrogens (tertiary/aromatic N) is 2. The fourth-order valence-electron chi connectivity index (χ4n) is 3.14. The molecule has 2 aromatic carbocycles. The third-order valence-electron chi connectivity index (χ3n) is 4.90. The molecule has 0 bridgehead atoms. The van der Waals surface area contributed by atoms with E-state index in [1.807, 2.05) is 0 Å². The van der Waals surface area contributed by atoms with Crippen LogP contribution in [0.5, 0.6) is 5.75 Å². The summed E-state index contributed by atoms with van der Waals surface area (Å²) < 4.78 is 44.2. The maximum absolute atomic E-state index is 13.3. The van der Waals surface area contributed by atoms with E-state index in [1.165, 1.54) is 17.0 Å². The summed E-state index contributed by atoms with van der Waals surface area (Å²) in [6, 6.07) is 10.8. The number of anilines is 1. The van der Waals surface area contributed by atoms with E-state index in [0.717, 1.165) is 28.3 Å². The van der Waals surface area contributed by atoms with Crippen molar-refractivity contribution in [3.05, 3.63) is 59.9 Å². The molecule has 1 atom stereocenters. The Morgan fingerprint density at radius 3 is 2.09 bits per heavy atom. The monoisotopic (exact) mass is 479 g/mol. The molecule has 0 fully saturated rings. The molecule has 2 aromatic rings. The number of carbonyl (C=O) groups excluding carboxylic acids is 2. The summed E-state index contributed by atoms with van der Waals surface area (Å²) in [5.41, 5.74) is 0.886. The average molecular weight is 480 g/mol. The zero-order valence-corrected chi connectivity index (χ0v) is 20.2. The first kappa shape index (κ1) is 26.1. The van der Waals surface area contributed by atoms with Gasteiger partial charge in [0.2, 0.25) is 21.8 Å². The molecule has 10 heteroatoms. The minimum Gasteiger partial charge on any atom is -0.497 e. The highest BCUT2D eigenvalue weighted by Gasteiger charge is 2.30. The second-order valence-corrected chi connectivity index (χ2v) is 9.86. The Kier molecular flexibility index (Phi) is 8.81. The molecule has 1 N–H and O–H groups in total. The second-order valence-electron chi connectivity index (χ2n) is 7.96. The zero-order valence-electron chi connectivity index (χ0n) is 19.4. The normalized spacial score (nSPS) is 12.2. The number of rotatable bonds is 10. The predicted octanol–water partition coefficient (Wildman–Crippen LogP) is 2.54. The molecule has 0 aliphatic carbocycles. The van der Waals surface area contributed by atoms with Gasteiger partial charge in [-0.25, -0.2) is 12.8 Å². The molecule has 0 spiro atoms. The van der Waals surface area contributed by atoms with Gasteiger partial charge >= 0.3 is 0 Å². The topological polar surface area (TPSA) is 96.0 Å². The summed E-state index contributed by atoms with van der Waals surface area (Å²) in [7, 11) is -2.32. The Bertz CT molecular complexity index is 1060. The predicted molar refractivity (Wildman–Crippen MR) is 125 cm³/mol. The molecular weight excluding hydrogens is 449 g/mol. The van der Waals surface area contributed by atoms with Crippen LogP contribution in [0.4, 0.5) is 10.1 Å². The standard InChI is InChI=1S/C23H30FN3O5S/c1-16(2)25-23(29)17(3)26(14-18-6-12-21(32-4)13-7-18)22(28)15-27(33(5,30)31)20-10-8-19(24)9-11-20/h6-13,16-17H,14-15H2,1-5H3,(H,25,29). The Morgan fingerprint density at radius 2 is 1.61 bits per heavy atom. The van der Waals surface area contributed by atoms with Crippen molar-refractivity contribution in [3.63, 3.8) is 0 Å². The molecule has 0 aliphatic heterocycles. The SMILES string of the molecule is COc1ccc(CN(C(=O)CN(c2ccc(F)cc2)S(C)(=O)=O)C(C)C(=O)NC(C)C)cc1. The van der Waals surface area contributed by atoms with Crippen molar-refractivity contribution in [2.45, 2.75) is 39.4 Å². The third-order valence-corrected chi connectivity index (χ3v) is 6.04. The smallest absolute Gasteiger partial charge is 0.244 e. The molecule has 0 heterocycles. The number of ether oxygens (including phenoxy) is 1. The maximum atomic E-state index is 13.3. The summed E-state index contributed by atoms with van der Waals surface area (Å²) in [5.74, 6) is -0.827. The quantitative estimate of drug-likeness (QED) is 0.565. The lowest BCUT2D eigenvalue weighted by atomic mass is 10.1. The highest BCUT2D eigenvalue weighted by atomic mass is 32.2. The molecule has 2 amide bonds. The highest BCUT2D eigenvalue weighted by Crippen LogP contribution is 2.20. The number of hydrogen-bond acceptors (Lipinski definition) is 5. The first-order chi connectivity index (χ1) is 15.4. The van der Waals surface area contributed by atoms with Gasteiger partial charge < -0.3 is 15.0 Å². The van der Waals surface area contributed by atoms with Crippen molar-refractivity contribution in [1.29, 1.82) is 0 Å². The van der Waals surface area contributed by atoms with E-state index in [4.69, 9.17) is 4.74 Å². The van der Waals surface area contributed by atoms with Crippen LogP contribution in [0.2, 0.25) is 0 Å². The van der Waals surface area contributed by atoms with E-state index in [2.05, 4.69) is 5.32 Å².